The van der Waals surface area contributed by atoms with Gasteiger partial charge in [-0.25, -0.2) is 0 Å². The minimum Gasteiger partial charge on any atom is -0.376 e. The van der Waals surface area contributed by atoms with E-state index in [4.69, 9.17) is 0 Å². The fourth-order valence-corrected chi connectivity index (χ4v) is 5.62. The molecular weight excluding hydrogens is 340 g/mol. The van der Waals surface area contributed by atoms with E-state index in [0.717, 1.165) is 27.9 Å². The zero-order chi connectivity index (χ0) is 15.2. The fourth-order valence-electron chi connectivity index (χ4n) is 5.35. The monoisotopic (exact) mass is 362 g/mol. The van der Waals surface area contributed by atoms with Gasteiger partial charge in [-0.1, -0.05) is 15.9 Å². The van der Waals surface area contributed by atoms with Crippen LogP contribution in [0.3, 0.4) is 0 Å². The topological polar surface area (TPSA) is 41.1 Å². The first-order valence-corrected chi connectivity index (χ1v) is 9.20. The predicted molar refractivity (Wildman–Crippen MR) is 91.7 cm³/mol. The second kappa shape index (κ2) is 5.55. The van der Waals surface area contributed by atoms with E-state index in [9.17, 15) is 4.79 Å². The summed E-state index contributed by atoms with van der Waals surface area (Å²) in [6, 6.07) is 7.95. The maximum Gasteiger partial charge on any atom is 0.239 e. The van der Waals surface area contributed by atoms with Gasteiger partial charge in [-0.2, -0.15) is 0 Å². The molecule has 1 aromatic rings. The average molecular weight is 363 g/mol. The van der Waals surface area contributed by atoms with Gasteiger partial charge < -0.3 is 10.6 Å². The lowest BCUT2D eigenvalue weighted by molar-refractivity contribution is -0.125. The van der Waals surface area contributed by atoms with Crippen molar-refractivity contribution in [2.75, 3.05) is 11.9 Å². The molecule has 0 heterocycles. The molecular formula is C18H23BrN2O. The maximum atomic E-state index is 12.4. The summed E-state index contributed by atoms with van der Waals surface area (Å²) in [6.45, 7) is 0.364. The van der Waals surface area contributed by atoms with Crippen molar-refractivity contribution in [3.8, 4) is 0 Å². The van der Waals surface area contributed by atoms with Crippen LogP contribution in [-0.2, 0) is 4.79 Å². The molecule has 0 atom stereocenters. The SMILES string of the molecule is O=C(CNc1ccc(Br)cc1)NC12CC3CC(CC(C3)C1)C2. The van der Waals surface area contributed by atoms with E-state index in [2.05, 4.69) is 26.6 Å². The molecule has 4 heteroatoms. The molecule has 22 heavy (non-hydrogen) atoms. The molecule has 0 aliphatic heterocycles. The number of carbonyl (C=O) groups is 1. The van der Waals surface area contributed by atoms with E-state index in [0.29, 0.717) is 6.54 Å². The highest BCUT2D eigenvalue weighted by Crippen LogP contribution is 2.55. The molecule has 5 rings (SSSR count). The highest BCUT2D eigenvalue weighted by Gasteiger charge is 2.51. The highest BCUT2D eigenvalue weighted by molar-refractivity contribution is 9.10. The lowest BCUT2D eigenvalue weighted by Gasteiger charge is -2.56. The van der Waals surface area contributed by atoms with Crippen LogP contribution in [0.15, 0.2) is 28.7 Å². The zero-order valence-corrected chi connectivity index (χ0v) is 14.4. The third kappa shape index (κ3) is 2.90. The van der Waals surface area contributed by atoms with Gasteiger partial charge in [0.15, 0.2) is 0 Å². The van der Waals surface area contributed by atoms with Crippen LogP contribution >= 0.6 is 15.9 Å². The van der Waals surface area contributed by atoms with Gasteiger partial charge in [-0.3, -0.25) is 4.79 Å². The summed E-state index contributed by atoms with van der Waals surface area (Å²) in [5.74, 6) is 2.74. The molecule has 0 aromatic heterocycles. The second-order valence-electron chi connectivity index (χ2n) is 7.61. The van der Waals surface area contributed by atoms with Crippen molar-refractivity contribution >= 4 is 27.5 Å². The van der Waals surface area contributed by atoms with E-state index >= 15 is 0 Å². The van der Waals surface area contributed by atoms with Crippen LogP contribution in [0.4, 0.5) is 5.69 Å². The van der Waals surface area contributed by atoms with Crippen molar-refractivity contribution in [1.29, 1.82) is 0 Å². The first kappa shape index (κ1) is 14.6. The van der Waals surface area contributed by atoms with Crippen LogP contribution in [0.5, 0.6) is 0 Å². The molecule has 4 aliphatic rings. The molecule has 4 aliphatic carbocycles. The fraction of sp³-hybridized carbons (Fsp3) is 0.611. The third-order valence-corrected chi connectivity index (χ3v) is 6.27. The van der Waals surface area contributed by atoms with Gasteiger partial charge in [0.05, 0.1) is 6.54 Å². The minimum atomic E-state index is 0.118. The summed E-state index contributed by atoms with van der Waals surface area (Å²) in [5, 5.41) is 6.62. The van der Waals surface area contributed by atoms with Crippen molar-refractivity contribution in [2.24, 2.45) is 17.8 Å². The number of hydrogen-bond donors (Lipinski definition) is 2. The van der Waals surface area contributed by atoms with Crippen molar-refractivity contribution in [3.63, 3.8) is 0 Å². The van der Waals surface area contributed by atoms with Crippen LogP contribution < -0.4 is 10.6 Å². The molecule has 1 aromatic carbocycles. The van der Waals surface area contributed by atoms with Crippen LogP contribution in [0.2, 0.25) is 0 Å². The Morgan fingerprint density at radius 1 is 1.05 bits per heavy atom. The quantitative estimate of drug-likeness (QED) is 0.851. The van der Waals surface area contributed by atoms with Gasteiger partial charge in [0.1, 0.15) is 0 Å². The summed E-state index contributed by atoms with van der Waals surface area (Å²) in [7, 11) is 0. The van der Waals surface area contributed by atoms with Crippen molar-refractivity contribution in [3.05, 3.63) is 28.7 Å². The Morgan fingerprint density at radius 3 is 2.14 bits per heavy atom. The number of halogens is 1. The van der Waals surface area contributed by atoms with Gasteiger partial charge in [-0.05, 0) is 80.5 Å². The summed E-state index contributed by atoms with van der Waals surface area (Å²) in [6.07, 6.45) is 7.86. The zero-order valence-electron chi connectivity index (χ0n) is 12.8. The molecule has 0 spiro atoms. The van der Waals surface area contributed by atoms with Crippen molar-refractivity contribution in [1.82, 2.24) is 5.32 Å². The van der Waals surface area contributed by atoms with Crippen LogP contribution in [-0.4, -0.2) is 18.0 Å². The number of hydrogen-bond acceptors (Lipinski definition) is 2. The molecule has 0 radical (unpaired) electrons. The maximum absolute atomic E-state index is 12.4. The molecule has 0 saturated heterocycles. The van der Waals surface area contributed by atoms with Gasteiger partial charge in [-0.15, -0.1) is 0 Å². The lowest BCUT2D eigenvalue weighted by Crippen LogP contribution is -2.60. The normalized spacial score (nSPS) is 35.4. The van der Waals surface area contributed by atoms with E-state index < -0.39 is 0 Å². The Hall–Kier alpha value is -1.03. The molecule has 2 N–H and O–H groups in total. The summed E-state index contributed by atoms with van der Waals surface area (Å²) < 4.78 is 1.05. The number of anilines is 1. The Kier molecular flexibility index (Phi) is 3.67. The first-order chi connectivity index (χ1) is 10.6. The summed E-state index contributed by atoms with van der Waals surface area (Å²) in [5.41, 5.74) is 1.11. The Labute approximate surface area is 140 Å². The Balaban J connectivity index is 1.35. The Morgan fingerprint density at radius 2 is 1.59 bits per heavy atom. The number of nitrogens with one attached hydrogen (secondary N) is 2. The van der Waals surface area contributed by atoms with Crippen LogP contribution in [0, 0.1) is 17.8 Å². The van der Waals surface area contributed by atoms with E-state index in [1.807, 2.05) is 24.3 Å². The largest absolute Gasteiger partial charge is 0.376 e. The van der Waals surface area contributed by atoms with Crippen molar-refractivity contribution < 1.29 is 4.79 Å². The number of amides is 1. The van der Waals surface area contributed by atoms with Crippen LogP contribution in [0.1, 0.15) is 38.5 Å². The summed E-state index contributed by atoms with van der Waals surface area (Å²) in [4.78, 5) is 12.4. The number of rotatable bonds is 4. The third-order valence-electron chi connectivity index (χ3n) is 5.74. The molecule has 4 fully saturated rings. The standard InChI is InChI=1S/C18H23BrN2O/c19-15-1-3-16(4-2-15)20-11-17(22)21-18-8-12-5-13(9-18)7-14(6-12)10-18/h1-4,12-14,20H,5-11H2,(H,21,22). The summed E-state index contributed by atoms with van der Waals surface area (Å²) >= 11 is 3.42. The second-order valence-corrected chi connectivity index (χ2v) is 8.52. The smallest absolute Gasteiger partial charge is 0.239 e. The number of benzene rings is 1. The lowest BCUT2D eigenvalue weighted by atomic mass is 9.53. The van der Waals surface area contributed by atoms with E-state index in [-0.39, 0.29) is 11.4 Å². The van der Waals surface area contributed by atoms with Gasteiger partial charge in [0, 0.05) is 15.7 Å². The number of carbonyl (C=O) groups excluding carboxylic acids is 1. The van der Waals surface area contributed by atoms with Crippen molar-refractivity contribution in [2.45, 2.75) is 44.1 Å². The molecule has 0 unspecified atom stereocenters. The Bertz CT molecular complexity index is 534. The molecule has 1 amide bonds. The average Bonchev–Trinajstić information content (AvgIpc) is 2.44. The van der Waals surface area contributed by atoms with Gasteiger partial charge >= 0.3 is 0 Å². The van der Waals surface area contributed by atoms with E-state index in [1.54, 1.807) is 0 Å². The molecule has 4 saturated carbocycles. The van der Waals surface area contributed by atoms with E-state index in [1.165, 1.54) is 38.5 Å². The molecule has 118 valence electrons. The molecule has 3 nitrogen and oxygen atoms in total. The minimum absolute atomic E-state index is 0.118. The van der Waals surface area contributed by atoms with Gasteiger partial charge in [0.25, 0.3) is 0 Å². The van der Waals surface area contributed by atoms with Crippen LogP contribution in [0.25, 0.3) is 0 Å². The highest BCUT2D eigenvalue weighted by atomic mass is 79.9. The molecule has 4 bridgehead atoms. The van der Waals surface area contributed by atoms with Gasteiger partial charge in [0.2, 0.25) is 5.91 Å². The first-order valence-electron chi connectivity index (χ1n) is 8.41. The predicted octanol–water partition coefficient (Wildman–Crippen LogP) is 3.95.